The lowest BCUT2D eigenvalue weighted by atomic mass is 10.0. The van der Waals surface area contributed by atoms with Gasteiger partial charge in [-0.2, -0.15) is 10.5 Å². The van der Waals surface area contributed by atoms with Crippen molar-refractivity contribution < 1.29 is 24.5 Å². The van der Waals surface area contributed by atoms with Crippen LogP contribution in [0.2, 0.25) is 0 Å². The number of hydrogen-bond donors (Lipinski definition) is 3. The fourth-order valence-electron chi connectivity index (χ4n) is 3.65. The van der Waals surface area contributed by atoms with E-state index in [2.05, 4.69) is 10.3 Å². The summed E-state index contributed by atoms with van der Waals surface area (Å²) in [6, 6.07) is 22.6. The fraction of sp³-hybridized carbons (Fsp3) is 0.0741. The van der Waals surface area contributed by atoms with E-state index in [0.29, 0.717) is 22.6 Å². The number of nitriles is 2. The number of benzene rings is 3. The molecule has 0 saturated heterocycles. The van der Waals surface area contributed by atoms with Gasteiger partial charge in [0.2, 0.25) is 0 Å². The third-order valence-electron chi connectivity index (χ3n) is 5.38. The Balaban J connectivity index is 1.68. The van der Waals surface area contributed by atoms with Gasteiger partial charge in [-0.05, 0) is 48.0 Å². The van der Waals surface area contributed by atoms with Gasteiger partial charge in [-0.15, -0.1) is 0 Å². The van der Waals surface area contributed by atoms with Gasteiger partial charge in [0, 0.05) is 10.8 Å². The van der Waals surface area contributed by atoms with Gasteiger partial charge < -0.3 is 20.3 Å². The molecule has 0 aliphatic heterocycles. The molecule has 0 saturated carbocycles. The smallest absolute Gasteiger partial charge is 0.305 e. The van der Waals surface area contributed by atoms with Crippen LogP contribution in [-0.2, 0) is 4.79 Å². The van der Waals surface area contributed by atoms with E-state index in [1.807, 2.05) is 30.3 Å². The lowest BCUT2D eigenvalue weighted by Gasteiger charge is -2.18. The topological polar surface area (TPSA) is 156 Å². The van der Waals surface area contributed by atoms with Gasteiger partial charge in [0.15, 0.2) is 11.4 Å². The van der Waals surface area contributed by atoms with E-state index in [1.54, 1.807) is 24.3 Å². The average molecular weight is 478 g/mol. The molecule has 9 heteroatoms. The summed E-state index contributed by atoms with van der Waals surface area (Å²) in [5.74, 6) is -1.49. The van der Waals surface area contributed by atoms with Gasteiger partial charge in [0.1, 0.15) is 23.3 Å². The molecule has 3 N–H and O–H groups in total. The number of pyridine rings is 1. The van der Waals surface area contributed by atoms with Crippen LogP contribution in [0.25, 0.3) is 10.8 Å². The van der Waals surface area contributed by atoms with Crippen LogP contribution in [0, 0.1) is 22.7 Å². The molecule has 1 atom stereocenters. The van der Waals surface area contributed by atoms with Crippen LogP contribution in [0.15, 0.2) is 72.8 Å². The summed E-state index contributed by atoms with van der Waals surface area (Å²) in [6.07, 6.45) is -0.447. The molecule has 0 radical (unpaired) electrons. The van der Waals surface area contributed by atoms with E-state index in [1.165, 1.54) is 30.3 Å². The highest BCUT2D eigenvalue weighted by Gasteiger charge is 2.24. The highest BCUT2D eigenvalue weighted by Crippen LogP contribution is 2.34. The van der Waals surface area contributed by atoms with Crippen LogP contribution in [0.3, 0.4) is 0 Å². The van der Waals surface area contributed by atoms with Crippen molar-refractivity contribution in [2.45, 2.75) is 12.5 Å². The monoisotopic (exact) mass is 478 g/mol. The summed E-state index contributed by atoms with van der Waals surface area (Å²) in [6.45, 7) is 0. The lowest BCUT2D eigenvalue weighted by Crippen LogP contribution is -2.31. The summed E-state index contributed by atoms with van der Waals surface area (Å²) < 4.78 is 5.78. The average Bonchev–Trinajstić information content (AvgIpc) is 2.89. The molecule has 1 aromatic heterocycles. The van der Waals surface area contributed by atoms with Crippen LogP contribution in [0.4, 0.5) is 0 Å². The molecule has 176 valence electrons. The van der Waals surface area contributed by atoms with Crippen molar-refractivity contribution in [2.75, 3.05) is 0 Å². The van der Waals surface area contributed by atoms with E-state index < -0.39 is 35.8 Å². The summed E-state index contributed by atoms with van der Waals surface area (Å²) in [4.78, 5) is 28.5. The number of carbonyl (C=O) groups excluding carboxylic acids is 1. The normalized spacial score (nSPS) is 11.2. The van der Waals surface area contributed by atoms with Gasteiger partial charge in [-0.25, -0.2) is 4.98 Å². The number of nitrogens with zero attached hydrogens (tertiary/aromatic N) is 3. The molecule has 1 heterocycles. The van der Waals surface area contributed by atoms with E-state index in [0.717, 1.165) is 0 Å². The van der Waals surface area contributed by atoms with E-state index in [9.17, 15) is 25.1 Å². The highest BCUT2D eigenvalue weighted by molar-refractivity contribution is 6.03. The van der Waals surface area contributed by atoms with Gasteiger partial charge in [0.05, 0.1) is 24.1 Å². The minimum atomic E-state index is -1.16. The third-order valence-corrected chi connectivity index (χ3v) is 5.38. The fourth-order valence-corrected chi connectivity index (χ4v) is 3.65. The van der Waals surface area contributed by atoms with Gasteiger partial charge in [0.25, 0.3) is 5.91 Å². The molecular formula is C27H18N4O5. The number of ether oxygens (including phenoxy) is 1. The second-order valence-corrected chi connectivity index (χ2v) is 7.75. The van der Waals surface area contributed by atoms with Gasteiger partial charge >= 0.3 is 5.97 Å². The lowest BCUT2D eigenvalue weighted by molar-refractivity contribution is -0.137. The van der Waals surface area contributed by atoms with Crippen molar-refractivity contribution in [1.82, 2.24) is 10.3 Å². The summed E-state index contributed by atoms with van der Waals surface area (Å²) in [7, 11) is 0. The largest absolute Gasteiger partial charge is 0.505 e. The first kappa shape index (κ1) is 23.7. The molecule has 1 amide bonds. The second-order valence-electron chi connectivity index (χ2n) is 7.75. The summed E-state index contributed by atoms with van der Waals surface area (Å²) in [5, 5.41) is 41.8. The number of para-hydroxylation sites is 1. The zero-order valence-electron chi connectivity index (χ0n) is 18.7. The Morgan fingerprint density at radius 1 is 0.944 bits per heavy atom. The second kappa shape index (κ2) is 10.2. The van der Waals surface area contributed by atoms with Crippen LogP contribution >= 0.6 is 0 Å². The SMILES string of the molecule is N#Cc1ccc(C(CC(=O)O)NC(=O)c2nc(C#N)c3cc(Oc4ccccc4)ccc3c2O)cc1. The maximum Gasteiger partial charge on any atom is 0.305 e. The van der Waals surface area contributed by atoms with Crippen LogP contribution < -0.4 is 10.1 Å². The molecule has 9 nitrogen and oxygen atoms in total. The number of carbonyl (C=O) groups is 2. The van der Waals surface area contributed by atoms with Crippen molar-refractivity contribution in [3.05, 3.63) is 95.3 Å². The third kappa shape index (κ3) is 5.06. The minimum absolute atomic E-state index is 0.111. The van der Waals surface area contributed by atoms with Crippen LogP contribution in [0.1, 0.15) is 39.8 Å². The molecule has 0 bridgehead atoms. The number of nitrogens with one attached hydrogen (secondary N) is 1. The maximum atomic E-state index is 13.1. The molecular weight excluding hydrogens is 460 g/mol. The van der Waals surface area contributed by atoms with Crippen molar-refractivity contribution in [1.29, 1.82) is 10.5 Å². The van der Waals surface area contributed by atoms with E-state index >= 15 is 0 Å². The number of aromatic nitrogens is 1. The zero-order valence-corrected chi connectivity index (χ0v) is 18.7. The van der Waals surface area contributed by atoms with E-state index in [4.69, 9.17) is 10.00 Å². The Morgan fingerprint density at radius 2 is 1.67 bits per heavy atom. The summed E-state index contributed by atoms with van der Waals surface area (Å²) in [5.41, 5.74) is 0.301. The van der Waals surface area contributed by atoms with Crippen LogP contribution in [-0.4, -0.2) is 27.1 Å². The predicted molar refractivity (Wildman–Crippen MR) is 128 cm³/mol. The minimum Gasteiger partial charge on any atom is -0.505 e. The number of aliphatic carboxylic acids is 1. The maximum absolute atomic E-state index is 13.1. The molecule has 4 aromatic rings. The molecule has 36 heavy (non-hydrogen) atoms. The first-order valence-corrected chi connectivity index (χ1v) is 10.7. The molecule has 3 aromatic carbocycles. The first-order chi connectivity index (χ1) is 17.4. The van der Waals surface area contributed by atoms with Gasteiger partial charge in [-0.3, -0.25) is 9.59 Å². The van der Waals surface area contributed by atoms with Crippen molar-refractivity contribution in [3.8, 4) is 29.4 Å². The molecule has 1 unspecified atom stereocenters. The molecule has 0 fully saturated rings. The first-order valence-electron chi connectivity index (χ1n) is 10.7. The predicted octanol–water partition coefficient (Wildman–Crippen LogP) is 4.42. The van der Waals surface area contributed by atoms with Crippen molar-refractivity contribution in [2.24, 2.45) is 0 Å². The number of aromatic hydroxyl groups is 1. The Hall–Kier alpha value is -5.41. The number of hydrogen-bond acceptors (Lipinski definition) is 7. The summed E-state index contributed by atoms with van der Waals surface area (Å²) >= 11 is 0. The van der Waals surface area contributed by atoms with Crippen molar-refractivity contribution >= 4 is 22.6 Å². The van der Waals surface area contributed by atoms with Gasteiger partial charge in [-0.1, -0.05) is 30.3 Å². The molecule has 0 spiro atoms. The Bertz CT molecular complexity index is 1540. The molecule has 0 aliphatic carbocycles. The Kier molecular flexibility index (Phi) is 6.76. The standard InChI is InChI=1S/C27H18N4O5/c28-14-16-6-8-17(9-7-16)22(13-24(32)33)31-27(35)25-26(34)20-11-10-19(12-21(20)23(15-29)30-25)36-18-4-2-1-3-5-18/h1-12,22,34H,13H2,(H,31,35)(H,32,33). The number of fused-ring (bicyclic) bond motifs is 1. The quantitative estimate of drug-likeness (QED) is 0.352. The molecule has 4 rings (SSSR count). The number of rotatable bonds is 7. The Labute approximate surface area is 205 Å². The van der Waals surface area contributed by atoms with Crippen LogP contribution in [0.5, 0.6) is 17.2 Å². The zero-order chi connectivity index (χ0) is 25.7. The molecule has 0 aliphatic rings. The van der Waals surface area contributed by atoms with Crippen molar-refractivity contribution in [3.63, 3.8) is 0 Å². The highest BCUT2D eigenvalue weighted by atomic mass is 16.5. The number of amides is 1. The van der Waals surface area contributed by atoms with E-state index in [-0.39, 0.29) is 16.5 Å². The Morgan fingerprint density at radius 3 is 2.31 bits per heavy atom. The number of carboxylic acids is 1. The number of carboxylic acid groups (broad SMARTS) is 1.